The molecule has 1 N–H and O–H groups in total. The molecule has 2 heterocycles. The number of aliphatic imine (C=N–C) groups is 1. The van der Waals surface area contributed by atoms with Gasteiger partial charge in [0.15, 0.2) is 11.0 Å². The van der Waals surface area contributed by atoms with Crippen molar-refractivity contribution >= 4 is 52.1 Å². The number of benzene rings is 3. The monoisotopic (exact) mass is 639 g/mol. The highest BCUT2D eigenvalue weighted by Gasteiger charge is 2.32. The summed E-state index contributed by atoms with van der Waals surface area (Å²) in [5, 5.41) is 9.10. The van der Waals surface area contributed by atoms with E-state index >= 15 is 0 Å². The summed E-state index contributed by atoms with van der Waals surface area (Å²) in [5.74, 6) is 0.232. The molecule has 1 aliphatic heterocycles. The van der Waals surface area contributed by atoms with E-state index < -0.39 is 6.36 Å². The van der Waals surface area contributed by atoms with Crippen LogP contribution >= 0.6 is 24.0 Å². The predicted octanol–water partition coefficient (Wildman–Crippen LogP) is 5.88. The van der Waals surface area contributed by atoms with Crippen molar-refractivity contribution in [3.8, 4) is 22.8 Å². The summed E-state index contributed by atoms with van der Waals surface area (Å²) in [5.41, 5.74) is 6.26. The minimum Gasteiger partial charge on any atom is -0.406 e. The van der Waals surface area contributed by atoms with Gasteiger partial charge in [0.05, 0.1) is 29.4 Å². The summed E-state index contributed by atoms with van der Waals surface area (Å²) >= 11 is 6.64. The van der Waals surface area contributed by atoms with E-state index in [1.165, 1.54) is 47.0 Å². The van der Waals surface area contributed by atoms with E-state index in [1.807, 2.05) is 31.2 Å². The fraction of sp³-hybridized carbons (Fsp3) is 0.172. The fourth-order valence-electron chi connectivity index (χ4n) is 4.16. The van der Waals surface area contributed by atoms with Gasteiger partial charge in [-0.1, -0.05) is 54.2 Å². The molecule has 5 rings (SSSR count). The van der Waals surface area contributed by atoms with Crippen LogP contribution < -0.4 is 15.1 Å². The number of nitrogens with one attached hydrogen (secondary N) is 1. The summed E-state index contributed by atoms with van der Waals surface area (Å²) < 4.78 is 48.0. The first-order valence-corrected chi connectivity index (χ1v) is 14.4. The molecule has 1 saturated heterocycles. The van der Waals surface area contributed by atoms with Crippen LogP contribution in [0, 0.1) is 0 Å². The number of amidine groups is 1. The Morgan fingerprint density at radius 1 is 1.11 bits per heavy atom. The van der Waals surface area contributed by atoms with E-state index in [9.17, 15) is 18.0 Å². The van der Waals surface area contributed by atoms with Crippen molar-refractivity contribution < 1.29 is 27.4 Å². The number of hydrazone groups is 1. The first kappa shape index (κ1) is 30.8. The Labute approximate surface area is 259 Å². The van der Waals surface area contributed by atoms with Gasteiger partial charge < -0.3 is 9.47 Å². The van der Waals surface area contributed by atoms with Gasteiger partial charge in [-0.2, -0.15) is 10.1 Å². The summed E-state index contributed by atoms with van der Waals surface area (Å²) in [4.78, 5) is 23.0. The zero-order valence-corrected chi connectivity index (χ0v) is 24.9. The third-order valence-electron chi connectivity index (χ3n) is 6.30. The fourth-order valence-corrected chi connectivity index (χ4v) is 5.22. The highest BCUT2D eigenvalue weighted by molar-refractivity contribution is 8.15. The third-order valence-corrected chi connectivity index (χ3v) is 7.41. The molecular weight excluding hydrogens is 615 g/mol. The quantitative estimate of drug-likeness (QED) is 0.145. The standard InChI is InChI=1S/C29H24F3N7O3S2/c1-18(41-2)23-5-3-4-6-24(23)39-25(40)16-44-28(39)35-27(43)36-34-15-19-7-9-20(10-8-19)26-33-17-38(37-26)21-11-13-22(14-12-21)42-29(30,31)32/h3-15,17-18H,16H2,1-2H3,(H,36,43)/b34-15+,35-28?. The Bertz CT molecular complexity index is 1710. The Morgan fingerprint density at radius 3 is 2.55 bits per heavy atom. The van der Waals surface area contributed by atoms with Crippen LogP contribution in [0.15, 0.2) is 89.2 Å². The molecule has 0 spiro atoms. The van der Waals surface area contributed by atoms with Crippen molar-refractivity contribution in [2.24, 2.45) is 10.1 Å². The third kappa shape index (κ3) is 7.48. The molecule has 10 nitrogen and oxygen atoms in total. The number of para-hydroxylation sites is 1. The van der Waals surface area contributed by atoms with Crippen LogP contribution in [0.3, 0.4) is 0 Å². The molecule has 1 atom stereocenters. The van der Waals surface area contributed by atoms with Crippen LogP contribution in [-0.4, -0.2) is 56.4 Å². The van der Waals surface area contributed by atoms with Gasteiger partial charge in [0.1, 0.15) is 12.1 Å². The maximum absolute atomic E-state index is 12.7. The van der Waals surface area contributed by atoms with Crippen molar-refractivity contribution in [3.63, 3.8) is 0 Å². The van der Waals surface area contributed by atoms with E-state index in [4.69, 9.17) is 17.0 Å². The molecule has 226 valence electrons. The molecule has 1 amide bonds. The topological polar surface area (TPSA) is 106 Å². The lowest BCUT2D eigenvalue weighted by Crippen LogP contribution is -2.31. The minimum atomic E-state index is -4.76. The maximum atomic E-state index is 12.7. The van der Waals surface area contributed by atoms with E-state index in [-0.39, 0.29) is 28.6 Å². The number of ether oxygens (including phenoxy) is 2. The zero-order valence-electron chi connectivity index (χ0n) is 23.2. The molecule has 1 fully saturated rings. The van der Waals surface area contributed by atoms with Gasteiger partial charge >= 0.3 is 6.36 Å². The number of alkyl halides is 3. The SMILES string of the molecule is COC(C)c1ccccc1N1C(=O)CSC1=NC(=S)N/N=C/c1ccc(-c2ncn(-c3ccc(OC(F)(F)F)cc3)n2)cc1. The van der Waals surface area contributed by atoms with Crippen molar-refractivity contribution in [3.05, 3.63) is 90.3 Å². The van der Waals surface area contributed by atoms with Crippen LogP contribution in [0.2, 0.25) is 0 Å². The highest BCUT2D eigenvalue weighted by atomic mass is 32.2. The van der Waals surface area contributed by atoms with Gasteiger partial charge in [-0.25, -0.2) is 9.67 Å². The highest BCUT2D eigenvalue weighted by Crippen LogP contribution is 2.33. The van der Waals surface area contributed by atoms with Gasteiger partial charge in [0, 0.05) is 18.2 Å². The van der Waals surface area contributed by atoms with Crippen LogP contribution in [0.4, 0.5) is 18.9 Å². The van der Waals surface area contributed by atoms with Crippen molar-refractivity contribution in [2.45, 2.75) is 19.4 Å². The molecule has 1 unspecified atom stereocenters. The van der Waals surface area contributed by atoms with Gasteiger partial charge in [0.25, 0.3) is 0 Å². The number of halogens is 3. The van der Waals surface area contributed by atoms with Crippen LogP contribution in [0.1, 0.15) is 24.2 Å². The molecule has 1 aromatic heterocycles. The Balaban J connectivity index is 1.21. The minimum absolute atomic E-state index is 0.0880. The summed E-state index contributed by atoms with van der Waals surface area (Å²) in [6.07, 6.45) is -1.96. The average Bonchev–Trinajstić information content (AvgIpc) is 3.64. The molecule has 0 radical (unpaired) electrons. The number of carbonyl (C=O) groups is 1. The number of rotatable bonds is 8. The van der Waals surface area contributed by atoms with Gasteiger partial charge in [-0.15, -0.1) is 18.3 Å². The van der Waals surface area contributed by atoms with E-state index in [2.05, 4.69) is 30.3 Å². The number of methoxy groups -OCH3 is 1. The summed E-state index contributed by atoms with van der Waals surface area (Å²) in [6, 6.07) is 20.0. The molecular formula is C29H24F3N7O3S2. The van der Waals surface area contributed by atoms with Crippen molar-refractivity contribution in [2.75, 3.05) is 17.8 Å². The lowest BCUT2D eigenvalue weighted by molar-refractivity contribution is -0.274. The first-order chi connectivity index (χ1) is 21.1. The molecule has 0 bridgehead atoms. The number of amides is 1. The normalized spacial score (nSPS) is 15.2. The molecule has 0 aliphatic carbocycles. The van der Waals surface area contributed by atoms with Crippen LogP contribution in [0.25, 0.3) is 17.1 Å². The number of anilines is 1. The number of nitrogens with zero attached hydrogens (tertiary/aromatic N) is 6. The molecule has 15 heteroatoms. The second kappa shape index (κ2) is 13.4. The summed E-state index contributed by atoms with van der Waals surface area (Å²) in [6.45, 7) is 1.91. The molecule has 1 aliphatic rings. The van der Waals surface area contributed by atoms with E-state index in [0.717, 1.165) is 16.7 Å². The van der Waals surface area contributed by atoms with Crippen LogP contribution in [0.5, 0.6) is 5.75 Å². The average molecular weight is 640 g/mol. The predicted molar refractivity (Wildman–Crippen MR) is 166 cm³/mol. The lowest BCUT2D eigenvalue weighted by atomic mass is 10.1. The number of hydrogen-bond acceptors (Lipinski definition) is 8. The largest absolute Gasteiger partial charge is 0.573 e. The number of carbonyl (C=O) groups excluding carboxylic acids is 1. The van der Waals surface area contributed by atoms with Gasteiger partial charge in [-0.3, -0.25) is 15.1 Å². The number of aromatic nitrogens is 3. The van der Waals surface area contributed by atoms with Gasteiger partial charge in [-0.05, 0) is 55.0 Å². The number of thiocarbonyl (C=S) groups is 1. The van der Waals surface area contributed by atoms with Gasteiger partial charge in [0.2, 0.25) is 11.0 Å². The first-order valence-electron chi connectivity index (χ1n) is 13.0. The summed E-state index contributed by atoms with van der Waals surface area (Å²) in [7, 11) is 1.61. The second-order valence-corrected chi connectivity index (χ2v) is 10.5. The zero-order chi connectivity index (χ0) is 31.3. The Kier molecular flexibility index (Phi) is 9.37. The second-order valence-electron chi connectivity index (χ2n) is 9.20. The van der Waals surface area contributed by atoms with Crippen molar-refractivity contribution in [1.82, 2.24) is 20.2 Å². The molecule has 3 aromatic carbocycles. The van der Waals surface area contributed by atoms with Crippen LogP contribution in [-0.2, 0) is 9.53 Å². The van der Waals surface area contributed by atoms with E-state index in [0.29, 0.717) is 22.4 Å². The molecule has 0 saturated carbocycles. The Hall–Kier alpha value is -4.60. The molecule has 4 aromatic rings. The Morgan fingerprint density at radius 2 is 1.84 bits per heavy atom. The van der Waals surface area contributed by atoms with E-state index in [1.54, 1.807) is 42.5 Å². The van der Waals surface area contributed by atoms with Crippen molar-refractivity contribution in [1.29, 1.82) is 0 Å². The number of hydrogen-bond donors (Lipinski definition) is 1. The smallest absolute Gasteiger partial charge is 0.406 e. The number of thioether (sulfide) groups is 1. The molecule has 44 heavy (non-hydrogen) atoms. The maximum Gasteiger partial charge on any atom is 0.573 e. The lowest BCUT2D eigenvalue weighted by Gasteiger charge is -2.22.